The predicted octanol–water partition coefficient (Wildman–Crippen LogP) is 3.56. The van der Waals surface area contributed by atoms with Gasteiger partial charge in [0, 0.05) is 56.7 Å². The smallest absolute Gasteiger partial charge is 0.194 e. The molecule has 1 aromatic carbocycles. The normalized spacial score (nSPS) is 14.8. The van der Waals surface area contributed by atoms with E-state index in [4.69, 9.17) is 4.99 Å². The Morgan fingerprint density at radius 2 is 1.79 bits per heavy atom. The summed E-state index contributed by atoms with van der Waals surface area (Å²) in [5.41, 5.74) is 7.60. The van der Waals surface area contributed by atoms with Crippen molar-refractivity contribution in [3.8, 4) is 0 Å². The highest BCUT2D eigenvalue weighted by molar-refractivity contribution is 14.0. The van der Waals surface area contributed by atoms with Crippen molar-refractivity contribution < 1.29 is 0 Å². The quantitative estimate of drug-likeness (QED) is 0.389. The zero-order valence-corrected chi connectivity index (χ0v) is 20.9. The first-order chi connectivity index (χ1) is 13.4. The molecule has 0 saturated carbocycles. The van der Waals surface area contributed by atoms with Gasteiger partial charge in [0.25, 0.3) is 0 Å². The van der Waals surface area contributed by atoms with Crippen LogP contribution < -0.4 is 10.2 Å². The van der Waals surface area contributed by atoms with Gasteiger partial charge in [-0.3, -0.25) is 4.68 Å². The van der Waals surface area contributed by atoms with Crippen LogP contribution in [-0.2, 0) is 13.6 Å². The van der Waals surface area contributed by atoms with E-state index in [1.807, 2.05) is 11.7 Å². The number of anilines is 1. The number of nitrogens with zero attached hydrogens (tertiary/aromatic N) is 5. The number of aromatic nitrogens is 2. The van der Waals surface area contributed by atoms with E-state index in [2.05, 4.69) is 73.0 Å². The topological polar surface area (TPSA) is 48.7 Å². The van der Waals surface area contributed by atoms with Crippen molar-refractivity contribution in [1.82, 2.24) is 20.0 Å². The van der Waals surface area contributed by atoms with E-state index >= 15 is 0 Å². The summed E-state index contributed by atoms with van der Waals surface area (Å²) in [6.45, 7) is 16.2. The van der Waals surface area contributed by atoms with Crippen molar-refractivity contribution in [1.29, 1.82) is 0 Å². The van der Waals surface area contributed by atoms with Crippen molar-refractivity contribution in [3.05, 3.63) is 46.3 Å². The first kappa shape index (κ1) is 23.5. The molecule has 0 radical (unpaired) electrons. The van der Waals surface area contributed by atoms with Gasteiger partial charge in [-0.1, -0.05) is 12.1 Å². The van der Waals surface area contributed by atoms with E-state index in [1.54, 1.807) is 0 Å². The number of rotatable bonds is 4. The molecule has 0 bridgehead atoms. The van der Waals surface area contributed by atoms with E-state index in [1.165, 1.54) is 28.1 Å². The number of aryl methyl sites for hydroxylation is 3. The van der Waals surface area contributed by atoms with E-state index in [0.29, 0.717) is 6.54 Å². The first-order valence-electron chi connectivity index (χ1n) is 10.3. The molecule has 0 aliphatic carbocycles. The average molecular weight is 510 g/mol. The summed E-state index contributed by atoms with van der Waals surface area (Å²) >= 11 is 0. The Morgan fingerprint density at radius 3 is 2.38 bits per heavy atom. The van der Waals surface area contributed by atoms with Crippen LogP contribution in [0.2, 0.25) is 0 Å². The van der Waals surface area contributed by atoms with Gasteiger partial charge in [-0.25, -0.2) is 4.99 Å². The minimum atomic E-state index is 0. The number of nitrogens with one attached hydrogen (secondary N) is 1. The number of guanidine groups is 1. The van der Waals surface area contributed by atoms with Crippen LogP contribution in [0, 0.1) is 27.7 Å². The number of halogens is 1. The average Bonchev–Trinajstić information content (AvgIpc) is 2.93. The maximum atomic E-state index is 4.93. The summed E-state index contributed by atoms with van der Waals surface area (Å²) in [4.78, 5) is 9.81. The molecule has 1 fully saturated rings. The van der Waals surface area contributed by atoms with Gasteiger partial charge in [-0.2, -0.15) is 5.10 Å². The maximum Gasteiger partial charge on any atom is 0.194 e. The minimum Gasteiger partial charge on any atom is -0.368 e. The Morgan fingerprint density at radius 1 is 1.10 bits per heavy atom. The molecule has 0 atom stereocenters. The van der Waals surface area contributed by atoms with Gasteiger partial charge in [0.15, 0.2) is 5.96 Å². The lowest BCUT2D eigenvalue weighted by Crippen LogP contribution is -2.52. The van der Waals surface area contributed by atoms with Gasteiger partial charge in [-0.05, 0) is 51.8 Å². The van der Waals surface area contributed by atoms with Crippen LogP contribution in [0.25, 0.3) is 0 Å². The lowest BCUT2D eigenvalue weighted by molar-refractivity contribution is 0.372. The predicted molar refractivity (Wildman–Crippen MR) is 133 cm³/mol. The van der Waals surface area contributed by atoms with Crippen LogP contribution in [0.3, 0.4) is 0 Å². The Hall–Kier alpha value is -1.77. The van der Waals surface area contributed by atoms with E-state index in [9.17, 15) is 0 Å². The number of hydrogen-bond donors (Lipinski definition) is 1. The lowest BCUT2D eigenvalue weighted by atomic mass is 10.1. The largest absolute Gasteiger partial charge is 0.368 e. The van der Waals surface area contributed by atoms with Gasteiger partial charge < -0.3 is 15.1 Å². The van der Waals surface area contributed by atoms with Gasteiger partial charge in [0.2, 0.25) is 0 Å². The Kier molecular flexibility index (Phi) is 8.36. The van der Waals surface area contributed by atoms with E-state index in [0.717, 1.165) is 44.4 Å². The summed E-state index contributed by atoms with van der Waals surface area (Å²) in [6.07, 6.45) is 0. The summed E-state index contributed by atoms with van der Waals surface area (Å²) in [7, 11) is 1.99. The lowest BCUT2D eigenvalue weighted by Gasteiger charge is -2.38. The standard InChI is InChI=1S/C22H34N6.HI/c1-7-23-22(24-15-20-18(4)25-26(6)19(20)5)28-13-11-27(12-14-28)21-10-8-9-16(2)17(21)3;/h8-10H,7,11-15H2,1-6H3,(H,23,24);1H. The summed E-state index contributed by atoms with van der Waals surface area (Å²) < 4.78 is 1.94. The molecule has 160 valence electrons. The second-order valence-corrected chi connectivity index (χ2v) is 7.64. The van der Waals surface area contributed by atoms with Gasteiger partial charge in [0.1, 0.15) is 0 Å². The van der Waals surface area contributed by atoms with Crippen molar-refractivity contribution >= 4 is 35.6 Å². The highest BCUT2D eigenvalue weighted by Gasteiger charge is 2.21. The molecule has 2 aromatic rings. The van der Waals surface area contributed by atoms with Crippen molar-refractivity contribution in [3.63, 3.8) is 0 Å². The van der Waals surface area contributed by atoms with Crippen LogP contribution in [-0.4, -0.2) is 53.4 Å². The molecule has 0 spiro atoms. The monoisotopic (exact) mass is 510 g/mol. The zero-order chi connectivity index (χ0) is 20.3. The number of aliphatic imine (C=N–C) groups is 1. The Bertz CT molecular complexity index is 849. The first-order valence-corrected chi connectivity index (χ1v) is 10.3. The van der Waals surface area contributed by atoms with E-state index < -0.39 is 0 Å². The zero-order valence-electron chi connectivity index (χ0n) is 18.6. The maximum absolute atomic E-state index is 4.93. The molecular weight excluding hydrogens is 475 g/mol. The molecule has 1 aromatic heterocycles. The van der Waals surface area contributed by atoms with Crippen LogP contribution in [0.5, 0.6) is 0 Å². The van der Waals surface area contributed by atoms with Crippen molar-refractivity contribution in [2.75, 3.05) is 37.6 Å². The molecule has 3 rings (SSSR count). The molecule has 0 unspecified atom stereocenters. The fourth-order valence-corrected chi connectivity index (χ4v) is 3.86. The van der Waals surface area contributed by atoms with Crippen molar-refractivity contribution in [2.45, 2.75) is 41.2 Å². The molecule has 1 aliphatic rings. The summed E-state index contributed by atoms with van der Waals surface area (Å²) in [5, 5.41) is 7.99. The van der Waals surface area contributed by atoms with Crippen LogP contribution in [0.1, 0.15) is 35.0 Å². The fraction of sp³-hybridized carbons (Fsp3) is 0.545. The second kappa shape index (κ2) is 10.3. The third-order valence-corrected chi connectivity index (χ3v) is 5.88. The third-order valence-electron chi connectivity index (χ3n) is 5.88. The number of piperazine rings is 1. The van der Waals surface area contributed by atoms with Crippen molar-refractivity contribution in [2.24, 2.45) is 12.0 Å². The minimum absolute atomic E-state index is 0. The molecule has 1 aliphatic heterocycles. The SMILES string of the molecule is CCNC(=NCc1c(C)nn(C)c1C)N1CCN(c2cccc(C)c2C)CC1.I. The van der Waals surface area contributed by atoms with Crippen LogP contribution in [0.15, 0.2) is 23.2 Å². The number of hydrogen-bond acceptors (Lipinski definition) is 3. The highest BCUT2D eigenvalue weighted by Crippen LogP contribution is 2.24. The third kappa shape index (κ3) is 5.24. The molecular formula is C22H35IN6. The highest BCUT2D eigenvalue weighted by atomic mass is 127. The Labute approximate surface area is 192 Å². The molecule has 6 nitrogen and oxygen atoms in total. The summed E-state index contributed by atoms with van der Waals surface area (Å²) in [6, 6.07) is 6.59. The van der Waals surface area contributed by atoms with Gasteiger partial charge >= 0.3 is 0 Å². The molecule has 2 heterocycles. The molecule has 7 heteroatoms. The van der Waals surface area contributed by atoms with E-state index in [-0.39, 0.29) is 24.0 Å². The molecule has 29 heavy (non-hydrogen) atoms. The molecule has 0 amide bonds. The molecule has 1 saturated heterocycles. The van der Waals surface area contributed by atoms with Crippen LogP contribution in [0.4, 0.5) is 5.69 Å². The van der Waals surface area contributed by atoms with Crippen LogP contribution >= 0.6 is 24.0 Å². The fourth-order valence-electron chi connectivity index (χ4n) is 3.86. The molecule has 1 N–H and O–H groups in total. The number of benzene rings is 1. The van der Waals surface area contributed by atoms with Gasteiger partial charge in [0.05, 0.1) is 12.2 Å². The second-order valence-electron chi connectivity index (χ2n) is 7.64. The summed E-state index contributed by atoms with van der Waals surface area (Å²) in [5.74, 6) is 1.01. The Balaban J connectivity index is 0.00000300. The van der Waals surface area contributed by atoms with Gasteiger partial charge in [-0.15, -0.1) is 24.0 Å².